The highest BCUT2D eigenvalue weighted by Gasteiger charge is 2.47. The molecule has 2 aromatic carbocycles. The van der Waals surface area contributed by atoms with Crippen LogP contribution in [0.2, 0.25) is 0 Å². The predicted octanol–water partition coefficient (Wildman–Crippen LogP) is 4.92. The van der Waals surface area contributed by atoms with Gasteiger partial charge in [0, 0.05) is 23.5 Å². The van der Waals surface area contributed by atoms with Crippen LogP contribution in [-0.2, 0) is 5.41 Å². The summed E-state index contributed by atoms with van der Waals surface area (Å²) >= 11 is 0. The fourth-order valence-electron chi connectivity index (χ4n) is 4.37. The Morgan fingerprint density at radius 3 is 1.84 bits per heavy atom. The Kier molecular flexibility index (Phi) is 3.93. The van der Waals surface area contributed by atoms with Crippen LogP contribution in [0.1, 0.15) is 22.5 Å². The third-order valence-corrected chi connectivity index (χ3v) is 5.71. The molecule has 0 radical (unpaired) electrons. The summed E-state index contributed by atoms with van der Waals surface area (Å²) in [4.78, 5) is 9.18. The number of pyridine rings is 2. The second kappa shape index (κ2) is 6.92. The molecule has 0 amide bonds. The minimum Gasteiger partial charge on any atom is -0.457 e. The van der Waals surface area contributed by atoms with Gasteiger partial charge in [-0.15, -0.1) is 0 Å². The first kappa shape index (κ1) is 17.6. The van der Waals surface area contributed by atoms with Crippen LogP contribution in [0, 0.1) is 0 Å². The van der Waals surface area contributed by atoms with Crippen molar-refractivity contribution in [3.63, 3.8) is 0 Å². The number of ether oxygens (including phenoxy) is 1. The van der Waals surface area contributed by atoms with Crippen molar-refractivity contribution in [3.05, 3.63) is 126 Å². The van der Waals surface area contributed by atoms with Gasteiger partial charge in [-0.05, 0) is 42.5 Å². The Bertz CT molecular complexity index is 1280. The first-order valence-electron chi connectivity index (χ1n) is 10.1. The Morgan fingerprint density at radius 2 is 1.23 bits per heavy atom. The average Bonchev–Trinajstić information content (AvgIpc) is 2.85. The maximum atomic E-state index is 6.29. The summed E-state index contributed by atoms with van der Waals surface area (Å²) in [6.07, 6.45) is 5.78. The zero-order valence-corrected chi connectivity index (χ0v) is 16.6. The number of nitrogens with one attached hydrogen (secondary N) is 1. The van der Waals surface area contributed by atoms with E-state index in [9.17, 15) is 0 Å². The highest BCUT2D eigenvalue weighted by Crippen LogP contribution is 2.52. The van der Waals surface area contributed by atoms with Gasteiger partial charge in [0.2, 0.25) is 0 Å². The largest absolute Gasteiger partial charge is 0.457 e. The molecule has 2 aromatic heterocycles. The highest BCUT2D eigenvalue weighted by molar-refractivity contribution is 6.13. The molecular weight excluding hydrogens is 384 g/mol. The van der Waals surface area contributed by atoms with E-state index in [1.165, 1.54) is 0 Å². The number of hydrogen-bond donors (Lipinski definition) is 1. The van der Waals surface area contributed by atoms with Gasteiger partial charge in [0.1, 0.15) is 17.2 Å². The van der Waals surface area contributed by atoms with E-state index in [0.717, 1.165) is 45.4 Å². The number of nitrogens with zero attached hydrogens (tertiary/aromatic N) is 3. The third-order valence-electron chi connectivity index (χ3n) is 5.71. The van der Waals surface area contributed by atoms with E-state index in [-0.39, 0.29) is 0 Å². The third kappa shape index (κ3) is 2.67. The molecule has 5 heteroatoms. The van der Waals surface area contributed by atoms with Crippen molar-refractivity contribution in [3.8, 4) is 11.5 Å². The molecule has 1 N–H and O–H groups in total. The summed E-state index contributed by atoms with van der Waals surface area (Å²) in [5.41, 5.74) is 7.87. The van der Waals surface area contributed by atoms with Crippen LogP contribution in [0.25, 0.3) is 5.70 Å². The summed E-state index contributed by atoms with van der Waals surface area (Å²) in [5.74, 6) is 1.62. The van der Waals surface area contributed by atoms with Gasteiger partial charge in [-0.25, -0.2) is 0 Å². The smallest absolute Gasteiger partial charge is 0.132 e. The monoisotopic (exact) mass is 402 g/mol. The molecule has 0 saturated heterocycles. The van der Waals surface area contributed by atoms with Crippen LogP contribution in [0.4, 0.5) is 0 Å². The number of hydrazone groups is 1. The Balaban J connectivity index is 1.70. The van der Waals surface area contributed by atoms with Gasteiger partial charge in [0.25, 0.3) is 0 Å². The van der Waals surface area contributed by atoms with E-state index < -0.39 is 5.41 Å². The molecule has 0 fully saturated rings. The van der Waals surface area contributed by atoms with E-state index in [1.807, 2.05) is 72.8 Å². The lowest BCUT2D eigenvalue weighted by Gasteiger charge is -2.41. The molecule has 0 atom stereocenters. The zero-order valence-electron chi connectivity index (χ0n) is 16.6. The highest BCUT2D eigenvalue weighted by atomic mass is 16.5. The average molecular weight is 402 g/mol. The summed E-state index contributed by atoms with van der Waals surface area (Å²) < 4.78 is 6.29. The molecule has 148 valence electrons. The number of aromatic nitrogens is 2. The Hall–Kier alpha value is -4.25. The topological polar surface area (TPSA) is 59.4 Å². The zero-order chi connectivity index (χ0) is 20.7. The molecule has 6 rings (SSSR count). The Morgan fingerprint density at radius 1 is 0.645 bits per heavy atom. The first-order valence-corrected chi connectivity index (χ1v) is 10.1. The molecule has 0 unspecified atom stereocenters. The number of benzene rings is 2. The van der Waals surface area contributed by atoms with Crippen molar-refractivity contribution in [2.24, 2.45) is 5.10 Å². The summed E-state index contributed by atoms with van der Waals surface area (Å²) in [6, 6.07) is 28.0. The number of fused-ring (bicyclic) bond motifs is 4. The van der Waals surface area contributed by atoms with Crippen molar-refractivity contribution in [1.29, 1.82) is 0 Å². The molecule has 5 nitrogen and oxygen atoms in total. The van der Waals surface area contributed by atoms with Gasteiger partial charge in [-0.2, -0.15) is 5.10 Å². The van der Waals surface area contributed by atoms with Crippen LogP contribution in [-0.4, -0.2) is 15.7 Å². The maximum Gasteiger partial charge on any atom is 0.132 e. The van der Waals surface area contributed by atoms with Crippen LogP contribution in [0.15, 0.2) is 109 Å². The van der Waals surface area contributed by atoms with Gasteiger partial charge in [-0.1, -0.05) is 48.5 Å². The van der Waals surface area contributed by atoms with Gasteiger partial charge in [0.05, 0.1) is 22.5 Å². The molecule has 0 aliphatic carbocycles. The van der Waals surface area contributed by atoms with Crippen molar-refractivity contribution < 1.29 is 4.74 Å². The Labute approximate surface area is 179 Å². The summed E-state index contributed by atoms with van der Waals surface area (Å²) in [5, 5.41) is 4.87. The minimum atomic E-state index is -0.683. The van der Waals surface area contributed by atoms with Crippen molar-refractivity contribution in [2.75, 3.05) is 0 Å². The molecule has 2 aliphatic rings. The standard InChI is InChI=1S/C26H18N4O/c1-3-13-23-18(9-1)26(19-10-2-4-14-24(19)31-23)17-22(20-11-5-7-15-27-20)29-30-25(26)21-12-6-8-16-28-21/h1-17,29H. The van der Waals surface area contributed by atoms with Gasteiger partial charge in [-0.3, -0.25) is 15.4 Å². The van der Waals surface area contributed by atoms with Gasteiger partial charge >= 0.3 is 0 Å². The number of rotatable bonds is 2. The van der Waals surface area contributed by atoms with E-state index in [2.05, 4.69) is 33.6 Å². The molecule has 0 saturated carbocycles. The van der Waals surface area contributed by atoms with Crippen molar-refractivity contribution in [2.45, 2.75) is 5.41 Å². The molecule has 4 heterocycles. The lowest BCUT2D eigenvalue weighted by atomic mass is 9.67. The normalized spacial score (nSPS) is 15.6. The second-order valence-electron chi connectivity index (χ2n) is 7.46. The SMILES string of the molecule is C1=C(c2ccccn2)NN=C(c2ccccn2)C12c1ccccc1Oc1ccccc12. The van der Waals surface area contributed by atoms with Crippen LogP contribution in [0.3, 0.4) is 0 Å². The summed E-state index contributed by atoms with van der Waals surface area (Å²) in [6.45, 7) is 0. The van der Waals surface area contributed by atoms with E-state index >= 15 is 0 Å². The predicted molar refractivity (Wildman–Crippen MR) is 120 cm³/mol. The molecule has 0 bridgehead atoms. The first-order chi connectivity index (χ1) is 15.4. The molecule has 4 aromatic rings. The fourth-order valence-corrected chi connectivity index (χ4v) is 4.37. The van der Waals surface area contributed by atoms with Gasteiger partial charge in [0.15, 0.2) is 0 Å². The number of allylic oxidation sites excluding steroid dienone is 1. The fraction of sp³-hybridized carbons (Fsp3) is 0.0385. The molecule has 2 aliphatic heterocycles. The van der Waals surface area contributed by atoms with Gasteiger partial charge < -0.3 is 4.74 Å². The van der Waals surface area contributed by atoms with Crippen molar-refractivity contribution in [1.82, 2.24) is 15.4 Å². The lowest BCUT2D eigenvalue weighted by molar-refractivity contribution is 0.443. The maximum absolute atomic E-state index is 6.29. The number of para-hydroxylation sites is 2. The van der Waals surface area contributed by atoms with Crippen LogP contribution >= 0.6 is 0 Å². The van der Waals surface area contributed by atoms with E-state index in [0.29, 0.717) is 0 Å². The van der Waals surface area contributed by atoms with Crippen molar-refractivity contribution >= 4 is 11.4 Å². The van der Waals surface area contributed by atoms with Crippen LogP contribution in [0.5, 0.6) is 11.5 Å². The molecule has 31 heavy (non-hydrogen) atoms. The second-order valence-corrected chi connectivity index (χ2v) is 7.46. The van der Waals surface area contributed by atoms with E-state index in [1.54, 1.807) is 12.4 Å². The van der Waals surface area contributed by atoms with Crippen LogP contribution < -0.4 is 10.2 Å². The summed E-state index contributed by atoms with van der Waals surface area (Å²) in [7, 11) is 0. The molecule has 1 spiro atoms. The quantitative estimate of drug-likeness (QED) is 0.517. The van der Waals surface area contributed by atoms with E-state index in [4.69, 9.17) is 9.84 Å². The number of hydrogen-bond acceptors (Lipinski definition) is 5. The lowest BCUT2D eigenvalue weighted by Crippen LogP contribution is -2.43. The molecular formula is C26H18N4O. The minimum absolute atomic E-state index is 0.683.